The highest BCUT2D eigenvalue weighted by Gasteiger charge is 2.03. The molecule has 0 spiro atoms. The van der Waals surface area contributed by atoms with Gasteiger partial charge < -0.3 is 4.74 Å². The van der Waals surface area contributed by atoms with E-state index in [0.29, 0.717) is 10.8 Å². The van der Waals surface area contributed by atoms with E-state index >= 15 is 0 Å². The summed E-state index contributed by atoms with van der Waals surface area (Å²) in [5, 5.41) is 5.98. The number of pyridine rings is 1. The van der Waals surface area contributed by atoms with Crippen LogP contribution in [0.5, 0.6) is 5.75 Å². The minimum Gasteiger partial charge on any atom is -0.497 e. The van der Waals surface area contributed by atoms with Gasteiger partial charge >= 0.3 is 0 Å². The van der Waals surface area contributed by atoms with Crippen molar-refractivity contribution in [2.75, 3.05) is 12.5 Å². The van der Waals surface area contributed by atoms with Gasteiger partial charge in [0, 0.05) is 10.4 Å². The number of nitrogens with zero attached hydrogens (tertiary/aromatic N) is 2. The van der Waals surface area contributed by atoms with E-state index in [0.717, 1.165) is 27.8 Å². The van der Waals surface area contributed by atoms with E-state index < -0.39 is 0 Å². The highest BCUT2D eigenvalue weighted by molar-refractivity contribution is 6.31. The highest BCUT2D eigenvalue weighted by atomic mass is 35.5. The predicted octanol–water partition coefficient (Wildman–Crippen LogP) is 4.65. The molecule has 5 heteroatoms. The van der Waals surface area contributed by atoms with Gasteiger partial charge in [0.15, 0.2) is 0 Å². The summed E-state index contributed by atoms with van der Waals surface area (Å²) >= 11 is 6.03. The molecule has 0 aliphatic heterocycles. The minimum atomic E-state index is 0.691. The maximum absolute atomic E-state index is 6.03. The van der Waals surface area contributed by atoms with Gasteiger partial charge in [-0.25, -0.2) is 4.98 Å². The first-order valence-corrected chi connectivity index (χ1v) is 7.53. The van der Waals surface area contributed by atoms with Gasteiger partial charge in [0.25, 0.3) is 0 Å². The number of hydrazone groups is 1. The lowest BCUT2D eigenvalue weighted by Gasteiger charge is -2.06. The average Bonchev–Trinajstić information content (AvgIpc) is 2.56. The van der Waals surface area contributed by atoms with Crippen LogP contribution in [0.15, 0.2) is 53.6 Å². The lowest BCUT2D eigenvalue weighted by molar-refractivity contribution is 0.415. The molecule has 1 N–H and O–H groups in total. The largest absolute Gasteiger partial charge is 0.497 e. The number of fused-ring (bicyclic) bond motifs is 1. The maximum Gasteiger partial charge on any atom is 0.147 e. The zero-order chi connectivity index (χ0) is 16.2. The summed E-state index contributed by atoms with van der Waals surface area (Å²) in [5.74, 6) is 1.49. The summed E-state index contributed by atoms with van der Waals surface area (Å²) in [6, 6.07) is 15.3. The van der Waals surface area contributed by atoms with Crippen molar-refractivity contribution in [3.8, 4) is 5.75 Å². The van der Waals surface area contributed by atoms with Gasteiger partial charge in [0.05, 0.1) is 18.8 Å². The molecule has 0 fully saturated rings. The molecule has 0 bridgehead atoms. The van der Waals surface area contributed by atoms with Crippen molar-refractivity contribution in [3.05, 3.63) is 64.7 Å². The first-order chi connectivity index (χ1) is 11.2. The van der Waals surface area contributed by atoms with Gasteiger partial charge in [-0.2, -0.15) is 5.10 Å². The normalized spacial score (nSPS) is 11.1. The number of nitrogens with one attached hydrogen (secondary N) is 1. The van der Waals surface area contributed by atoms with Gasteiger partial charge in [-0.1, -0.05) is 23.7 Å². The SMILES string of the molecule is COc1cccc(/C=N/Nc2cc(C)c3cc(Cl)ccc3n2)c1. The third kappa shape index (κ3) is 3.60. The van der Waals surface area contributed by atoms with Crippen molar-refractivity contribution < 1.29 is 4.74 Å². The molecule has 116 valence electrons. The van der Waals surface area contributed by atoms with Crippen LogP contribution in [0, 0.1) is 6.92 Å². The number of aryl methyl sites for hydroxylation is 1. The van der Waals surface area contributed by atoms with Crippen LogP contribution >= 0.6 is 11.6 Å². The fourth-order valence-electron chi connectivity index (χ4n) is 2.32. The van der Waals surface area contributed by atoms with Crippen molar-refractivity contribution in [3.63, 3.8) is 0 Å². The Morgan fingerprint density at radius 2 is 2.04 bits per heavy atom. The molecule has 0 amide bonds. The summed E-state index contributed by atoms with van der Waals surface area (Å²) in [4.78, 5) is 4.53. The molecule has 0 aliphatic rings. The first-order valence-electron chi connectivity index (χ1n) is 7.16. The highest BCUT2D eigenvalue weighted by Crippen LogP contribution is 2.23. The predicted molar refractivity (Wildman–Crippen MR) is 95.7 cm³/mol. The fraction of sp³-hybridized carbons (Fsp3) is 0.111. The number of hydrogen-bond acceptors (Lipinski definition) is 4. The summed E-state index contributed by atoms with van der Waals surface area (Å²) in [5.41, 5.74) is 5.89. The number of benzene rings is 2. The molecule has 0 atom stereocenters. The van der Waals surface area contributed by atoms with Gasteiger partial charge in [-0.05, 0) is 54.4 Å². The van der Waals surface area contributed by atoms with E-state index in [9.17, 15) is 0 Å². The molecular weight excluding hydrogens is 310 g/mol. The monoisotopic (exact) mass is 325 g/mol. The van der Waals surface area contributed by atoms with Gasteiger partial charge in [0.1, 0.15) is 11.6 Å². The van der Waals surface area contributed by atoms with Crippen molar-refractivity contribution in [1.29, 1.82) is 0 Å². The van der Waals surface area contributed by atoms with E-state index in [4.69, 9.17) is 16.3 Å². The van der Waals surface area contributed by atoms with Gasteiger partial charge in [-0.15, -0.1) is 0 Å². The van der Waals surface area contributed by atoms with Crippen LogP contribution in [0.4, 0.5) is 5.82 Å². The quantitative estimate of drug-likeness (QED) is 0.561. The molecule has 0 unspecified atom stereocenters. The maximum atomic E-state index is 6.03. The van der Waals surface area contributed by atoms with Crippen LogP contribution in [0.2, 0.25) is 5.02 Å². The molecule has 23 heavy (non-hydrogen) atoms. The van der Waals surface area contributed by atoms with Crippen molar-refractivity contribution in [2.45, 2.75) is 6.92 Å². The first kappa shape index (κ1) is 15.3. The van der Waals surface area contributed by atoms with Crippen molar-refractivity contribution in [1.82, 2.24) is 4.98 Å². The second-order valence-corrected chi connectivity index (χ2v) is 5.57. The molecule has 0 saturated heterocycles. The number of hydrogen-bond donors (Lipinski definition) is 1. The minimum absolute atomic E-state index is 0.691. The van der Waals surface area contributed by atoms with Crippen LogP contribution in [0.1, 0.15) is 11.1 Å². The number of anilines is 1. The third-order valence-electron chi connectivity index (χ3n) is 3.46. The Morgan fingerprint density at radius 1 is 1.17 bits per heavy atom. The number of ether oxygens (including phenoxy) is 1. The van der Waals surface area contributed by atoms with Gasteiger partial charge in [-0.3, -0.25) is 5.43 Å². The zero-order valence-electron chi connectivity index (χ0n) is 12.9. The summed E-state index contributed by atoms with van der Waals surface area (Å²) < 4.78 is 5.19. The number of aromatic nitrogens is 1. The van der Waals surface area contributed by atoms with E-state index in [2.05, 4.69) is 15.5 Å². The molecule has 4 nitrogen and oxygen atoms in total. The Hall–Kier alpha value is -2.59. The van der Waals surface area contributed by atoms with Crippen molar-refractivity contribution >= 4 is 34.5 Å². The van der Waals surface area contributed by atoms with Crippen LogP contribution in [-0.4, -0.2) is 18.3 Å². The second-order valence-electron chi connectivity index (χ2n) is 5.13. The van der Waals surface area contributed by atoms with E-state index in [1.807, 2.05) is 55.5 Å². The number of halogens is 1. The Morgan fingerprint density at radius 3 is 2.87 bits per heavy atom. The molecular formula is C18H16ClN3O. The second kappa shape index (κ2) is 6.67. The number of methoxy groups -OCH3 is 1. The van der Waals surface area contributed by atoms with Gasteiger partial charge in [0.2, 0.25) is 0 Å². The zero-order valence-corrected chi connectivity index (χ0v) is 13.6. The van der Waals surface area contributed by atoms with E-state index in [-0.39, 0.29) is 0 Å². The summed E-state index contributed by atoms with van der Waals surface area (Å²) in [7, 11) is 1.64. The standard InChI is InChI=1S/C18H16ClN3O/c1-12-8-18(21-17-7-6-14(19)10-16(12)17)22-20-11-13-4-3-5-15(9-13)23-2/h3-11H,1-2H3,(H,21,22)/b20-11+. The molecule has 3 aromatic rings. The molecule has 1 aromatic heterocycles. The average molecular weight is 326 g/mol. The molecule has 2 aromatic carbocycles. The summed E-state index contributed by atoms with van der Waals surface area (Å²) in [6.07, 6.45) is 1.73. The number of rotatable bonds is 4. The molecule has 0 radical (unpaired) electrons. The Balaban J connectivity index is 1.81. The van der Waals surface area contributed by atoms with Crippen LogP contribution in [0.25, 0.3) is 10.9 Å². The van der Waals surface area contributed by atoms with Crippen LogP contribution in [-0.2, 0) is 0 Å². The Kier molecular flexibility index (Phi) is 4.44. The molecule has 3 rings (SSSR count). The topological polar surface area (TPSA) is 46.5 Å². The fourth-order valence-corrected chi connectivity index (χ4v) is 2.49. The van der Waals surface area contributed by atoms with Crippen LogP contribution in [0.3, 0.4) is 0 Å². The lowest BCUT2D eigenvalue weighted by atomic mass is 10.1. The lowest BCUT2D eigenvalue weighted by Crippen LogP contribution is -1.95. The van der Waals surface area contributed by atoms with Crippen LogP contribution < -0.4 is 10.2 Å². The Bertz CT molecular complexity index is 877. The summed E-state index contributed by atoms with van der Waals surface area (Å²) in [6.45, 7) is 2.03. The molecule has 0 saturated carbocycles. The molecule has 1 heterocycles. The molecule has 0 aliphatic carbocycles. The van der Waals surface area contributed by atoms with E-state index in [1.54, 1.807) is 13.3 Å². The Labute approximate surface area is 139 Å². The third-order valence-corrected chi connectivity index (χ3v) is 3.70. The van der Waals surface area contributed by atoms with E-state index in [1.165, 1.54) is 0 Å². The van der Waals surface area contributed by atoms with Crippen molar-refractivity contribution in [2.24, 2.45) is 5.10 Å². The smallest absolute Gasteiger partial charge is 0.147 e.